The highest BCUT2D eigenvalue weighted by molar-refractivity contribution is 7.98. The molecule has 1 aliphatic carbocycles. The smallest absolute Gasteiger partial charge is 0.239 e. The highest BCUT2D eigenvalue weighted by atomic mass is 32.2. The molecule has 1 aromatic carbocycles. The summed E-state index contributed by atoms with van der Waals surface area (Å²) in [5, 5.41) is 3.39. The molecule has 5 nitrogen and oxygen atoms in total. The molecule has 27 heavy (non-hydrogen) atoms. The van der Waals surface area contributed by atoms with E-state index < -0.39 is 0 Å². The lowest BCUT2D eigenvalue weighted by Gasteiger charge is -2.36. The minimum Gasteiger partial charge on any atom is -0.489 e. The van der Waals surface area contributed by atoms with Crippen LogP contribution in [0.25, 0.3) is 0 Å². The van der Waals surface area contributed by atoms with Crippen molar-refractivity contribution < 1.29 is 9.53 Å². The summed E-state index contributed by atoms with van der Waals surface area (Å²) in [6.07, 6.45) is 8.04. The third-order valence-electron chi connectivity index (χ3n) is 6.18. The molecule has 2 aliphatic heterocycles. The van der Waals surface area contributed by atoms with E-state index in [1.807, 2.05) is 12.1 Å². The van der Waals surface area contributed by atoms with Crippen LogP contribution in [0.5, 0.6) is 5.75 Å². The zero-order chi connectivity index (χ0) is 18.6. The molecular formula is C21H31N3O2S. The van der Waals surface area contributed by atoms with Crippen molar-refractivity contribution in [2.75, 3.05) is 39.0 Å². The summed E-state index contributed by atoms with van der Waals surface area (Å²) in [5.41, 5.74) is 0. The average Bonchev–Trinajstić information content (AvgIpc) is 2.98. The fraction of sp³-hybridized carbons (Fsp3) is 0.667. The van der Waals surface area contributed by atoms with Crippen molar-refractivity contribution in [3.05, 3.63) is 24.3 Å². The molecule has 4 rings (SSSR count). The van der Waals surface area contributed by atoms with Gasteiger partial charge in [-0.2, -0.15) is 0 Å². The molecule has 3 fully saturated rings. The highest BCUT2D eigenvalue weighted by Gasteiger charge is 2.35. The van der Waals surface area contributed by atoms with E-state index in [9.17, 15) is 4.79 Å². The van der Waals surface area contributed by atoms with Crippen LogP contribution >= 0.6 is 11.8 Å². The van der Waals surface area contributed by atoms with Gasteiger partial charge in [-0.15, -0.1) is 11.8 Å². The predicted octanol–water partition coefficient (Wildman–Crippen LogP) is 2.60. The zero-order valence-corrected chi connectivity index (χ0v) is 17.0. The maximum Gasteiger partial charge on any atom is 0.239 e. The average molecular weight is 390 g/mol. The van der Waals surface area contributed by atoms with Crippen molar-refractivity contribution in [1.82, 2.24) is 15.1 Å². The molecule has 0 unspecified atom stereocenters. The number of nitrogens with one attached hydrogen (secondary N) is 1. The Morgan fingerprint density at radius 1 is 1.11 bits per heavy atom. The van der Waals surface area contributed by atoms with Crippen LogP contribution in [0.3, 0.4) is 0 Å². The number of carbonyl (C=O) groups is 1. The Balaban J connectivity index is 1.26. The van der Waals surface area contributed by atoms with E-state index in [1.165, 1.54) is 24.2 Å². The van der Waals surface area contributed by atoms with Gasteiger partial charge in [0, 0.05) is 50.1 Å². The molecule has 0 radical (unpaired) electrons. The molecule has 148 valence electrons. The number of hydrogen-bond acceptors (Lipinski definition) is 5. The lowest BCUT2D eigenvalue weighted by molar-refractivity contribution is -0.133. The van der Waals surface area contributed by atoms with E-state index in [2.05, 4.69) is 33.5 Å². The largest absolute Gasteiger partial charge is 0.489 e. The molecule has 0 aromatic heterocycles. The first kappa shape index (κ1) is 19.1. The molecule has 6 heteroatoms. The molecule has 0 spiro atoms. The minimum absolute atomic E-state index is 0.0672. The SMILES string of the molecule is CSc1ccc(O[C@@H]2CN[C@H](C(=O)N3CCCN(C4CCC4)CC3)C2)cc1. The summed E-state index contributed by atoms with van der Waals surface area (Å²) >= 11 is 1.73. The minimum atomic E-state index is -0.101. The molecule has 1 aromatic rings. The van der Waals surface area contributed by atoms with E-state index in [0.29, 0.717) is 0 Å². The molecule has 2 atom stereocenters. The van der Waals surface area contributed by atoms with Crippen molar-refractivity contribution in [3.63, 3.8) is 0 Å². The second kappa shape index (κ2) is 8.84. The van der Waals surface area contributed by atoms with Crippen LogP contribution in [0.15, 0.2) is 29.2 Å². The van der Waals surface area contributed by atoms with Gasteiger partial charge in [0.15, 0.2) is 0 Å². The zero-order valence-electron chi connectivity index (χ0n) is 16.2. The van der Waals surface area contributed by atoms with Gasteiger partial charge in [0.2, 0.25) is 5.91 Å². The number of ether oxygens (including phenoxy) is 1. The fourth-order valence-corrected chi connectivity index (χ4v) is 4.73. The quantitative estimate of drug-likeness (QED) is 0.785. The van der Waals surface area contributed by atoms with E-state index in [0.717, 1.165) is 57.4 Å². The summed E-state index contributed by atoms with van der Waals surface area (Å²) in [5.74, 6) is 1.15. The second-order valence-corrected chi connectivity index (χ2v) is 8.79. The predicted molar refractivity (Wildman–Crippen MR) is 109 cm³/mol. The second-order valence-electron chi connectivity index (χ2n) is 7.91. The molecular weight excluding hydrogens is 358 g/mol. The van der Waals surface area contributed by atoms with Crippen molar-refractivity contribution in [2.24, 2.45) is 0 Å². The van der Waals surface area contributed by atoms with E-state index >= 15 is 0 Å². The molecule has 0 bridgehead atoms. The van der Waals surface area contributed by atoms with Gasteiger partial charge in [0.25, 0.3) is 0 Å². The monoisotopic (exact) mass is 389 g/mol. The maximum atomic E-state index is 13.0. The number of nitrogens with zero attached hydrogens (tertiary/aromatic N) is 2. The molecule has 2 heterocycles. The number of benzene rings is 1. The fourth-order valence-electron chi connectivity index (χ4n) is 4.32. The van der Waals surface area contributed by atoms with Crippen molar-refractivity contribution in [3.8, 4) is 5.75 Å². The van der Waals surface area contributed by atoms with Gasteiger partial charge in [0.05, 0.1) is 6.04 Å². The van der Waals surface area contributed by atoms with Gasteiger partial charge in [-0.1, -0.05) is 6.42 Å². The van der Waals surface area contributed by atoms with E-state index in [1.54, 1.807) is 11.8 Å². The summed E-state index contributed by atoms with van der Waals surface area (Å²) in [6, 6.07) is 8.87. The van der Waals surface area contributed by atoms with Crippen LogP contribution in [0, 0.1) is 0 Å². The standard InChI is InChI=1S/C21H31N3O2S/c1-27-19-8-6-17(7-9-19)26-18-14-20(22-15-18)21(25)24-11-3-10-23(12-13-24)16-4-2-5-16/h6-9,16,18,20,22H,2-5,10-15H2,1H3/t18-,20-/m0/s1. The van der Waals surface area contributed by atoms with Crippen LogP contribution in [0.4, 0.5) is 0 Å². The third kappa shape index (κ3) is 4.61. The first-order valence-electron chi connectivity index (χ1n) is 10.3. The summed E-state index contributed by atoms with van der Waals surface area (Å²) < 4.78 is 6.09. The van der Waals surface area contributed by atoms with Crippen LogP contribution in [-0.4, -0.2) is 72.9 Å². The van der Waals surface area contributed by atoms with Gasteiger partial charge in [0.1, 0.15) is 11.9 Å². The molecule has 1 amide bonds. The number of amides is 1. The lowest BCUT2D eigenvalue weighted by Crippen LogP contribution is -2.46. The first-order chi connectivity index (χ1) is 13.2. The van der Waals surface area contributed by atoms with E-state index in [-0.39, 0.29) is 18.1 Å². The summed E-state index contributed by atoms with van der Waals surface area (Å²) in [6.45, 7) is 4.68. The Morgan fingerprint density at radius 3 is 2.63 bits per heavy atom. The molecule has 1 saturated carbocycles. The van der Waals surface area contributed by atoms with Crippen LogP contribution in [0.1, 0.15) is 32.1 Å². The van der Waals surface area contributed by atoms with Crippen molar-refractivity contribution >= 4 is 17.7 Å². The van der Waals surface area contributed by atoms with Gasteiger partial charge in [-0.25, -0.2) is 0 Å². The molecule has 2 saturated heterocycles. The topological polar surface area (TPSA) is 44.8 Å². The van der Waals surface area contributed by atoms with Crippen LogP contribution in [-0.2, 0) is 4.79 Å². The van der Waals surface area contributed by atoms with E-state index in [4.69, 9.17) is 4.74 Å². The third-order valence-corrected chi connectivity index (χ3v) is 6.93. The Morgan fingerprint density at radius 2 is 1.93 bits per heavy atom. The first-order valence-corrected chi connectivity index (χ1v) is 11.5. The van der Waals surface area contributed by atoms with Crippen LogP contribution in [0.2, 0.25) is 0 Å². The maximum absolute atomic E-state index is 13.0. The summed E-state index contributed by atoms with van der Waals surface area (Å²) in [4.78, 5) is 18.9. The van der Waals surface area contributed by atoms with Gasteiger partial charge in [-0.05, 0) is 49.8 Å². The van der Waals surface area contributed by atoms with Gasteiger partial charge in [-0.3, -0.25) is 9.69 Å². The number of hydrogen-bond donors (Lipinski definition) is 1. The number of rotatable bonds is 5. The molecule has 3 aliphatic rings. The number of carbonyl (C=O) groups excluding carboxylic acids is 1. The Bertz CT molecular complexity index is 635. The van der Waals surface area contributed by atoms with Gasteiger partial charge >= 0.3 is 0 Å². The Labute approximate surface area is 166 Å². The van der Waals surface area contributed by atoms with Crippen molar-refractivity contribution in [1.29, 1.82) is 0 Å². The van der Waals surface area contributed by atoms with Gasteiger partial charge < -0.3 is 15.0 Å². The van der Waals surface area contributed by atoms with Crippen molar-refractivity contribution in [2.45, 2.75) is 55.2 Å². The number of thioether (sulfide) groups is 1. The Hall–Kier alpha value is -1.24. The Kier molecular flexibility index (Phi) is 6.25. The highest BCUT2D eigenvalue weighted by Crippen LogP contribution is 2.26. The lowest BCUT2D eigenvalue weighted by atomic mass is 9.91. The van der Waals surface area contributed by atoms with Crippen LogP contribution < -0.4 is 10.1 Å². The molecule has 1 N–H and O–H groups in total. The normalized spacial score (nSPS) is 27.2. The summed E-state index contributed by atoms with van der Waals surface area (Å²) in [7, 11) is 0.